The van der Waals surface area contributed by atoms with Crippen molar-refractivity contribution in [2.24, 2.45) is 0 Å². The van der Waals surface area contributed by atoms with Crippen molar-refractivity contribution in [3.8, 4) is 0 Å². The van der Waals surface area contributed by atoms with Crippen molar-refractivity contribution in [3.05, 3.63) is 94.0 Å². The smallest absolute Gasteiger partial charge is 0.265 e. The van der Waals surface area contributed by atoms with Gasteiger partial charge in [0.2, 0.25) is 5.71 Å². The van der Waals surface area contributed by atoms with Crippen LogP contribution >= 0.6 is 0 Å². The fourth-order valence-electron chi connectivity index (χ4n) is 4.17. The molecule has 172 valence electrons. The molecule has 3 heterocycles. The van der Waals surface area contributed by atoms with E-state index in [0.29, 0.717) is 24.2 Å². The molecule has 1 N–H and O–H groups in total. The van der Waals surface area contributed by atoms with Crippen LogP contribution in [-0.4, -0.2) is 39.6 Å². The number of nitrogens with one attached hydrogen (secondary N) is 1. The normalized spacial score (nSPS) is 12.5. The molecule has 0 aliphatic heterocycles. The van der Waals surface area contributed by atoms with E-state index in [1.54, 1.807) is 10.6 Å². The molecular formula is C26H31N5O2. The SMILES string of the molecule is CCC(c1nc2occc2c(=O)n1Cc1ccccc1)N(CCNC)Cc1ccc(C)nc1. The van der Waals surface area contributed by atoms with Crippen molar-refractivity contribution < 1.29 is 4.42 Å². The Kier molecular flexibility index (Phi) is 7.32. The Morgan fingerprint density at radius 2 is 1.94 bits per heavy atom. The van der Waals surface area contributed by atoms with Gasteiger partial charge in [-0.2, -0.15) is 4.98 Å². The molecule has 0 fully saturated rings. The summed E-state index contributed by atoms with van der Waals surface area (Å²) in [7, 11) is 1.95. The zero-order valence-electron chi connectivity index (χ0n) is 19.5. The third kappa shape index (κ3) is 5.21. The van der Waals surface area contributed by atoms with E-state index in [4.69, 9.17) is 9.40 Å². The lowest BCUT2D eigenvalue weighted by atomic mass is 10.1. The largest absolute Gasteiger partial charge is 0.446 e. The molecule has 0 bridgehead atoms. The van der Waals surface area contributed by atoms with Crippen LogP contribution < -0.4 is 10.9 Å². The molecule has 3 aromatic heterocycles. The second kappa shape index (κ2) is 10.6. The summed E-state index contributed by atoms with van der Waals surface area (Å²) in [5.41, 5.74) is 3.50. The number of aryl methyl sites for hydroxylation is 1. The van der Waals surface area contributed by atoms with Crippen molar-refractivity contribution in [1.29, 1.82) is 0 Å². The topological polar surface area (TPSA) is 76.2 Å². The summed E-state index contributed by atoms with van der Waals surface area (Å²) in [6.07, 6.45) is 4.26. The number of rotatable bonds is 10. The van der Waals surface area contributed by atoms with Crippen LogP contribution in [0.5, 0.6) is 0 Å². The minimum absolute atomic E-state index is 0.0643. The zero-order valence-corrected chi connectivity index (χ0v) is 19.5. The van der Waals surface area contributed by atoms with Gasteiger partial charge in [-0.15, -0.1) is 0 Å². The summed E-state index contributed by atoms with van der Waals surface area (Å²) in [6, 6.07) is 15.8. The number of benzene rings is 1. The first-order chi connectivity index (χ1) is 16.1. The van der Waals surface area contributed by atoms with Gasteiger partial charge in [-0.25, -0.2) is 0 Å². The molecule has 0 saturated carbocycles. The van der Waals surface area contributed by atoms with Gasteiger partial charge in [-0.1, -0.05) is 43.3 Å². The van der Waals surface area contributed by atoms with Gasteiger partial charge in [-0.3, -0.25) is 19.2 Å². The predicted octanol–water partition coefficient (Wildman–Crippen LogP) is 3.91. The van der Waals surface area contributed by atoms with E-state index in [1.807, 2.05) is 56.6 Å². The van der Waals surface area contributed by atoms with Gasteiger partial charge in [-0.05, 0) is 43.7 Å². The van der Waals surface area contributed by atoms with E-state index >= 15 is 0 Å². The number of likely N-dealkylation sites (N-methyl/N-ethyl adjacent to an activating group) is 1. The molecular weight excluding hydrogens is 414 g/mol. The van der Waals surface area contributed by atoms with Gasteiger partial charge in [0.05, 0.1) is 18.8 Å². The molecule has 7 heteroatoms. The quantitative estimate of drug-likeness (QED) is 0.399. The summed E-state index contributed by atoms with van der Waals surface area (Å²) in [4.78, 5) is 25.2. The van der Waals surface area contributed by atoms with E-state index in [1.165, 1.54) is 6.26 Å². The monoisotopic (exact) mass is 445 g/mol. The fourth-order valence-corrected chi connectivity index (χ4v) is 4.17. The average Bonchev–Trinajstić information content (AvgIpc) is 3.31. The van der Waals surface area contributed by atoms with Crippen LogP contribution in [0.1, 0.15) is 42.0 Å². The molecule has 7 nitrogen and oxygen atoms in total. The highest BCUT2D eigenvalue weighted by Crippen LogP contribution is 2.26. The van der Waals surface area contributed by atoms with Crippen molar-refractivity contribution >= 4 is 11.1 Å². The molecule has 0 aliphatic carbocycles. The van der Waals surface area contributed by atoms with Gasteiger partial charge in [0.25, 0.3) is 5.56 Å². The highest BCUT2D eigenvalue weighted by atomic mass is 16.3. The number of aromatic nitrogens is 3. The van der Waals surface area contributed by atoms with E-state index in [9.17, 15) is 4.79 Å². The minimum Gasteiger partial charge on any atom is -0.446 e. The molecule has 0 saturated heterocycles. The summed E-state index contributed by atoms with van der Waals surface area (Å²) < 4.78 is 7.37. The summed E-state index contributed by atoms with van der Waals surface area (Å²) in [5.74, 6) is 0.727. The number of hydrogen-bond acceptors (Lipinski definition) is 6. The van der Waals surface area contributed by atoms with E-state index in [-0.39, 0.29) is 11.6 Å². The standard InChI is InChI=1S/C26H31N5O2/c1-4-23(30(14-13-27-3)17-21-11-10-19(2)28-16-21)24-29-25-22(12-15-33-25)26(32)31(24)18-20-8-6-5-7-9-20/h5-12,15-16,23,27H,4,13-14,17-18H2,1-3H3. The maximum absolute atomic E-state index is 13.5. The Balaban J connectivity index is 1.78. The summed E-state index contributed by atoms with van der Waals surface area (Å²) in [6.45, 7) is 6.93. The van der Waals surface area contributed by atoms with Gasteiger partial charge < -0.3 is 9.73 Å². The Morgan fingerprint density at radius 1 is 1.12 bits per heavy atom. The Hall–Kier alpha value is -3.29. The maximum atomic E-state index is 13.5. The number of hydrogen-bond donors (Lipinski definition) is 1. The number of fused-ring (bicyclic) bond motifs is 1. The van der Waals surface area contributed by atoms with Crippen LogP contribution in [-0.2, 0) is 13.1 Å². The van der Waals surface area contributed by atoms with E-state index in [0.717, 1.165) is 42.2 Å². The number of pyridine rings is 1. The van der Waals surface area contributed by atoms with E-state index in [2.05, 4.69) is 28.2 Å². The predicted molar refractivity (Wildman–Crippen MR) is 130 cm³/mol. The first kappa shape index (κ1) is 22.9. The van der Waals surface area contributed by atoms with Crippen LogP contribution in [0.4, 0.5) is 0 Å². The number of nitrogens with zero attached hydrogens (tertiary/aromatic N) is 4. The van der Waals surface area contributed by atoms with Crippen LogP contribution in [0.25, 0.3) is 11.1 Å². The van der Waals surface area contributed by atoms with Crippen molar-refractivity contribution in [2.45, 2.75) is 39.4 Å². The molecule has 33 heavy (non-hydrogen) atoms. The first-order valence-electron chi connectivity index (χ1n) is 11.4. The van der Waals surface area contributed by atoms with Crippen molar-refractivity contribution in [3.63, 3.8) is 0 Å². The van der Waals surface area contributed by atoms with Crippen LogP contribution in [0, 0.1) is 6.92 Å². The minimum atomic E-state index is -0.0726. The maximum Gasteiger partial charge on any atom is 0.265 e. The van der Waals surface area contributed by atoms with Gasteiger partial charge in [0, 0.05) is 31.5 Å². The van der Waals surface area contributed by atoms with Gasteiger partial charge in [0.15, 0.2) is 0 Å². The van der Waals surface area contributed by atoms with Gasteiger partial charge >= 0.3 is 0 Å². The summed E-state index contributed by atoms with van der Waals surface area (Å²) >= 11 is 0. The fraction of sp³-hybridized carbons (Fsp3) is 0.346. The third-order valence-electron chi connectivity index (χ3n) is 5.93. The highest BCUT2D eigenvalue weighted by molar-refractivity contribution is 5.71. The second-order valence-corrected chi connectivity index (χ2v) is 8.29. The Bertz CT molecular complexity index is 1230. The third-order valence-corrected chi connectivity index (χ3v) is 5.93. The van der Waals surface area contributed by atoms with Gasteiger partial charge in [0.1, 0.15) is 11.2 Å². The lowest BCUT2D eigenvalue weighted by molar-refractivity contribution is 0.172. The molecule has 1 aromatic carbocycles. The molecule has 1 atom stereocenters. The lowest BCUT2D eigenvalue weighted by Gasteiger charge is -2.32. The van der Waals surface area contributed by atoms with E-state index < -0.39 is 0 Å². The van der Waals surface area contributed by atoms with Crippen molar-refractivity contribution in [1.82, 2.24) is 24.8 Å². The second-order valence-electron chi connectivity index (χ2n) is 8.29. The zero-order chi connectivity index (χ0) is 23.2. The van der Waals surface area contributed by atoms with Crippen LogP contribution in [0.3, 0.4) is 0 Å². The highest BCUT2D eigenvalue weighted by Gasteiger charge is 2.26. The molecule has 0 aliphatic rings. The first-order valence-corrected chi connectivity index (χ1v) is 11.4. The Labute approximate surface area is 194 Å². The molecule has 0 spiro atoms. The molecule has 1 unspecified atom stereocenters. The lowest BCUT2D eigenvalue weighted by Crippen LogP contribution is -2.38. The average molecular weight is 446 g/mol. The Morgan fingerprint density at radius 3 is 2.64 bits per heavy atom. The summed E-state index contributed by atoms with van der Waals surface area (Å²) in [5, 5.41) is 3.76. The van der Waals surface area contributed by atoms with Crippen LogP contribution in [0.2, 0.25) is 0 Å². The number of furan rings is 1. The molecule has 4 aromatic rings. The van der Waals surface area contributed by atoms with Crippen molar-refractivity contribution in [2.75, 3.05) is 20.1 Å². The molecule has 0 radical (unpaired) electrons. The molecule has 4 rings (SSSR count). The van der Waals surface area contributed by atoms with Crippen LogP contribution in [0.15, 0.2) is 70.2 Å². The molecule has 0 amide bonds.